The molecule has 0 radical (unpaired) electrons. The van der Waals surface area contributed by atoms with Crippen LogP contribution in [0.25, 0.3) is 65.0 Å². The summed E-state index contributed by atoms with van der Waals surface area (Å²) in [6.45, 7) is 39.9. The normalized spacial score (nSPS) is 12.9. The Morgan fingerprint density at radius 1 is 0.423 bits per heavy atom. The van der Waals surface area contributed by atoms with E-state index in [0.29, 0.717) is 0 Å². The molecule has 0 atom stereocenters. The van der Waals surface area contributed by atoms with Crippen molar-refractivity contribution in [1.82, 2.24) is 0 Å². The van der Waals surface area contributed by atoms with Crippen LogP contribution in [0, 0.1) is 19.3 Å². The lowest BCUT2D eigenvalue weighted by Crippen LogP contribution is -2.10. The molecule has 0 N–H and O–H groups in total. The highest BCUT2D eigenvalue weighted by Gasteiger charge is 2.34. The van der Waals surface area contributed by atoms with Crippen molar-refractivity contribution in [1.29, 1.82) is 0 Å². The third-order valence-corrected chi connectivity index (χ3v) is 14.6. The highest BCUT2D eigenvalue weighted by atomic mass is 14.4. The first kappa shape index (κ1) is 56.5. The molecule has 0 amide bonds. The fourth-order valence-corrected chi connectivity index (χ4v) is 9.39. The Hall–Kier alpha value is -5.46. The van der Waals surface area contributed by atoms with Crippen molar-refractivity contribution in [3.05, 3.63) is 179 Å². The van der Waals surface area contributed by atoms with Gasteiger partial charge in [-0.1, -0.05) is 293 Å². The third kappa shape index (κ3) is 14.2. The zero-order valence-corrected chi connectivity index (χ0v) is 47.8. The molecule has 0 heterocycles. The molecular formula is C71H92. The molecular weight excluding hydrogens is 853 g/mol. The molecule has 1 aliphatic carbocycles. The maximum Gasteiger partial charge on any atom is -0.00204 e. The molecule has 0 aromatic heterocycles. The second-order valence-electron chi connectivity index (χ2n) is 23.5. The average Bonchev–Trinajstić information content (AvgIpc) is 4.10. The lowest BCUT2D eigenvalue weighted by molar-refractivity contribution is 0.551. The molecule has 0 nitrogen and oxygen atoms in total. The van der Waals surface area contributed by atoms with E-state index in [1.165, 1.54) is 137 Å². The number of aryl methyl sites for hydroxylation is 3. The number of hydrogen-bond donors (Lipinski definition) is 0. The molecule has 10 rings (SSSR count). The minimum Gasteiger partial charge on any atom is -0.0683 e. The van der Waals surface area contributed by atoms with Crippen LogP contribution in [0.4, 0.5) is 0 Å². The molecule has 0 spiro atoms. The number of hydrogen-bond acceptors (Lipinski definition) is 0. The number of rotatable bonds is 5. The van der Waals surface area contributed by atoms with Gasteiger partial charge in [-0.2, -0.15) is 0 Å². The Morgan fingerprint density at radius 2 is 0.817 bits per heavy atom. The van der Waals surface area contributed by atoms with E-state index in [4.69, 9.17) is 0 Å². The van der Waals surface area contributed by atoms with E-state index >= 15 is 0 Å². The Bertz CT molecular complexity index is 2920. The van der Waals surface area contributed by atoms with Gasteiger partial charge in [0.15, 0.2) is 0 Å². The average molecular weight is 946 g/mol. The highest BCUT2D eigenvalue weighted by Crippen LogP contribution is 2.48. The van der Waals surface area contributed by atoms with Crippen molar-refractivity contribution in [2.24, 2.45) is 5.41 Å². The molecule has 71 heavy (non-hydrogen) atoms. The van der Waals surface area contributed by atoms with E-state index in [-0.39, 0.29) is 16.2 Å². The summed E-state index contributed by atoms with van der Waals surface area (Å²) < 4.78 is 0. The summed E-state index contributed by atoms with van der Waals surface area (Å²) in [6, 6.07) is 54.2. The molecule has 0 saturated heterocycles. The lowest BCUT2D eigenvalue weighted by atomic mass is 9.81. The Labute approximate surface area is 433 Å². The standard InChI is InChI=1S/C36H30.2C11H16.C6H12.C5H12.C2H6/c1-5-26-27-10-6-8-12-29(27)35(30-13-9-7-11-28(26)30)32-18-16-22-14-15-23-20-25(36(2,3)4)21-24-17-19-31(32)34(22)33(23)24;2*1-9-5-7-10(8-6-9)11(2,3)4;1-3-6(2)4-5-6;1-3-5-4-2;1-2/h6-21H,5H2,1-4H3;2*5-8H,1-4H3;3-5H2,1-2H3;3-5H2,1-2H3;1-2H3. The van der Waals surface area contributed by atoms with E-state index in [0.717, 1.165) is 11.8 Å². The second kappa shape index (κ2) is 24.3. The van der Waals surface area contributed by atoms with Gasteiger partial charge in [0, 0.05) is 0 Å². The fraction of sp³-hybridized carbons (Fsp3) is 0.408. The molecule has 1 aliphatic rings. The maximum absolute atomic E-state index is 2.40. The molecule has 1 fully saturated rings. The lowest BCUT2D eigenvalue weighted by Gasteiger charge is -2.22. The largest absolute Gasteiger partial charge is 0.0683 e. The molecule has 0 heteroatoms. The van der Waals surface area contributed by atoms with E-state index in [2.05, 4.69) is 256 Å². The molecule has 0 bridgehead atoms. The van der Waals surface area contributed by atoms with Gasteiger partial charge < -0.3 is 0 Å². The van der Waals surface area contributed by atoms with Gasteiger partial charge >= 0.3 is 0 Å². The summed E-state index contributed by atoms with van der Waals surface area (Å²) in [7, 11) is 0. The predicted molar refractivity (Wildman–Crippen MR) is 323 cm³/mol. The smallest absolute Gasteiger partial charge is 0.00204 e. The summed E-state index contributed by atoms with van der Waals surface area (Å²) in [6.07, 6.45) is 9.43. The predicted octanol–water partition coefficient (Wildman–Crippen LogP) is 22.4. The van der Waals surface area contributed by atoms with Crippen molar-refractivity contribution in [2.75, 3.05) is 0 Å². The topological polar surface area (TPSA) is 0 Å². The van der Waals surface area contributed by atoms with Gasteiger partial charge in [-0.05, 0) is 142 Å². The van der Waals surface area contributed by atoms with Crippen LogP contribution in [0.5, 0.6) is 0 Å². The first-order valence-corrected chi connectivity index (χ1v) is 27.4. The SMILES string of the molecule is CC.CCC1(C)CC1.CCCCC.CCc1c2ccccc2c(-c2ccc3ccc4cc(C(C)(C)C)cc5ccc2c3c45)c2ccccc12.Cc1ccc(C(C)(C)C)cc1.Cc1ccc(C(C)(C)C)cc1. The van der Waals surface area contributed by atoms with Crippen LogP contribution in [0.2, 0.25) is 0 Å². The van der Waals surface area contributed by atoms with Gasteiger partial charge in [0.2, 0.25) is 0 Å². The van der Waals surface area contributed by atoms with E-state index in [9.17, 15) is 0 Å². The molecule has 376 valence electrons. The van der Waals surface area contributed by atoms with E-state index < -0.39 is 0 Å². The first-order chi connectivity index (χ1) is 33.6. The van der Waals surface area contributed by atoms with Crippen LogP contribution in [-0.2, 0) is 22.7 Å². The van der Waals surface area contributed by atoms with E-state index in [1.54, 1.807) is 0 Å². The Morgan fingerprint density at radius 3 is 1.17 bits per heavy atom. The number of fused-ring (bicyclic) bond motifs is 2. The van der Waals surface area contributed by atoms with Crippen LogP contribution in [0.3, 0.4) is 0 Å². The van der Waals surface area contributed by atoms with Gasteiger partial charge in [-0.25, -0.2) is 0 Å². The summed E-state index contributed by atoms with van der Waals surface area (Å²) in [4.78, 5) is 0. The summed E-state index contributed by atoms with van der Waals surface area (Å²) in [5.74, 6) is 0. The minimum atomic E-state index is 0.120. The fourth-order valence-electron chi connectivity index (χ4n) is 9.39. The molecule has 9 aromatic carbocycles. The van der Waals surface area contributed by atoms with Crippen molar-refractivity contribution < 1.29 is 0 Å². The highest BCUT2D eigenvalue weighted by molar-refractivity contribution is 6.28. The van der Waals surface area contributed by atoms with Crippen LogP contribution in [-0.4, -0.2) is 0 Å². The molecule has 1 saturated carbocycles. The second-order valence-corrected chi connectivity index (χ2v) is 23.5. The van der Waals surface area contributed by atoms with Gasteiger partial charge in [0.05, 0.1) is 0 Å². The summed E-state index contributed by atoms with van der Waals surface area (Å²) in [5, 5.41) is 13.5. The zero-order chi connectivity index (χ0) is 52.3. The van der Waals surface area contributed by atoms with Crippen LogP contribution in [0.1, 0.15) is 183 Å². The molecule has 0 unspecified atom stereocenters. The van der Waals surface area contributed by atoms with Gasteiger partial charge in [0.25, 0.3) is 0 Å². The minimum absolute atomic E-state index is 0.120. The van der Waals surface area contributed by atoms with Crippen LogP contribution < -0.4 is 0 Å². The number of benzene rings is 9. The summed E-state index contributed by atoms with van der Waals surface area (Å²) >= 11 is 0. The van der Waals surface area contributed by atoms with Gasteiger partial charge in [-0.3, -0.25) is 0 Å². The Kier molecular flexibility index (Phi) is 19.3. The maximum atomic E-state index is 2.40. The van der Waals surface area contributed by atoms with Gasteiger partial charge in [-0.15, -0.1) is 0 Å². The first-order valence-electron chi connectivity index (χ1n) is 27.4. The van der Waals surface area contributed by atoms with Crippen LogP contribution in [0.15, 0.2) is 146 Å². The Balaban J connectivity index is 0.000000217. The van der Waals surface area contributed by atoms with E-state index in [1.807, 2.05) is 13.8 Å². The quantitative estimate of drug-likeness (QED) is 0.119. The monoisotopic (exact) mass is 945 g/mol. The van der Waals surface area contributed by atoms with Crippen molar-refractivity contribution in [3.63, 3.8) is 0 Å². The third-order valence-electron chi connectivity index (χ3n) is 14.6. The van der Waals surface area contributed by atoms with Crippen molar-refractivity contribution in [3.8, 4) is 11.1 Å². The molecule has 9 aromatic rings. The van der Waals surface area contributed by atoms with Crippen molar-refractivity contribution in [2.45, 2.75) is 186 Å². The molecule has 0 aliphatic heterocycles. The zero-order valence-electron chi connectivity index (χ0n) is 47.8. The van der Waals surface area contributed by atoms with Gasteiger partial charge in [0.1, 0.15) is 0 Å². The van der Waals surface area contributed by atoms with Crippen LogP contribution >= 0.6 is 0 Å². The number of unbranched alkanes of at least 4 members (excludes halogenated alkanes) is 2. The summed E-state index contributed by atoms with van der Waals surface area (Å²) in [5.41, 5.74) is 12.5. The van der Waals surface area contributed by atoms with Crippen molar-refractivity contribution >= 4 is 53.9 Å².